The Balaban J connectivity index is 1.41. The molecule has 2 N–H and O–H groups in total. The number of unbranched alkanes of at least 4 members (excludes halogenated alkanes) is 1. The van der Waals surface area contributed by atoms with Crippen molar-refractivity contribution in [2.75, 3.05) is 43.0 Å². The van der Waals surface area contributed by atoms with E-state index in [1.165, 1.54) is 0 Å². The largest absolute Gasteiger partial charge is 0.494 e. The van der Waals surface area contributed by atoms with Crippen molar-refractivity contribution in [2.45, 2.75) is 19.8 Å². The zero-order chi connectivity index (χ0) is 20.6. The van der Waals surface area contributed by atoms with Gasteiger partial charge in [-0.2, -0.15) is 0 Å². The van der Waals surface area contributed by atoms with Gasteiger partial charge in [-0.15, -0.1) is 0 Å². The fraction of sp³-hybridized carbons (Fsp3) is 0.348. The van der Waals surface area contributed by atoms with E-state index in [0.717, 1.165) is 74.1 Å². The third-order valence-corrected chi connectivity index (χ3v) is 5.02. The van der Waals surface area contributed by atoms with Gasteiger partial charge < -0.3 is 20.3 Å². The standard InChI is InChI=1S/C23H28N6O/c1-2-3-16-30-20-7-5-19(6-8-20)27-23-25-11-10-21(28-23)18-4-9-22(26-17-18)29-14-12-24-13-15-29/h4-11,17,24H,2-3,12-16H2,1H3,(H,25,27,28). The van der Waals surface area contributed by atoms with Crippen LogP contribution in [0.5, 0.6) is 5.75 Å². The molecule has 1 aromatic carbocycles. The highest BCUT2D eigenvalue weighted by Crippen LogP contribution is 2.22. The number of nitrogens with one attached hydrogen (secondary N) is 2. The number of hydrogen-bond acceptors (Lipinski definition) is 7. The summed E-state index contributed by atoms with van der Waals surface area (Å²) < 4.78 is 5.71. The van der Waals surface area contributed by atoms with Gasteiger partial charge in [0.15, 0.2) is 0 Å². The summed E-state index contributed by atoms with van der Waals surface area (Å²) in [6.45, 7) is 6.86. The summed E-state index contributed by atoms with van der Waals surface area (Å²) in [4.78, 5) is 15.9. The topological polar surface area (TPSA) is 75.2 Å². The maximum Gasteiger partial charge on any atom is 0.227 e. The van der Waals surface area contributed by atoms with E-state index in [2.05, 4.69) is 49.5 Å². The summed E-state index contributed by atoms with van der Waals surface area (Å²) in [5.41, 5.74) is 2.73. The Labute approximate surface area is 177 Å². The predicted octanol–water partition coefficient (Wildman–Crippen LogP) is 3.87. The van der Waals surface area contributed by atoms with Gasteiger partial charge in [0.1, 0.15) is 11.6 Å². The Kier molecular flexibility index (Phi) is 6.72. The first kappa shape index (κ1) is 20.1. The number of benzene rings is 1. The van der Waals surface area contributed by atoms with Gasteiger partial charge in [0, 0.05) is 49.8 Å². The maximum atomic E-state index is 5.71. The van der Waals surface area contributed by atoms with Gasteiger partial charge in [-0.05, 0) is 48.9 Å². The van der Waals surface area contributed by atoms with Crippen LogP contribution in [0, 0.1) is 0 Å². The van der Waals surface area contributed by atoms with Crippen LogP contribution in [0.3, 0.4) is 0 Å². The average molecular weight is 405 g/mol. The van der Waals surface area contributed by atoms with Gasteiger partial charge in [-0.25, -0.2) is 15.0 Å². The highest BCUT2D eigenvalue weighted by Gasteiger charge is 2.12. The molecule has 30 heavy (non-hydrogen) atoms. The normalized spacial score (nSPS) is 13.8. The number of rotatable bonds is 8. The molecule has 3 heterocycles. The van der Waals surface area contributed by atoms with Crippen LogP contribution in [0.25, 0.3) is 11.3 Å². The molecule has 0 spiro atoms. The minimum Gasteiger partial charge on any atom is -0.494 e. The monoisotopic (exact) mass is 404 g/mol. The van der Waals surface area contributed by atoms with E-state index >= 15 is 0 Å². The van der Waals surface area contributed by atoms with E-state index in [0.29, 0.717) is 5.95 Å². The van der Waals surface area contributed by atoms with Gasteiger partial charge in [0.25, 0.3) is 0 Å². The van der Waals surface area contributed by atoms with Crippen molar-refractivity contribution >= 4 is 17.5 Å². The van der Waals surface area contributed by atoms with Gasteiger partial charge in [-0.3, -0.25) is 0 Å². The lowest BCUT2D eigenvalue weighted by Crippen LogP contribution is -2.43. The number of hydrogen-bond donors (Lipinski definition) is 2. The SMILES string of the molecule is CCCCOc1ccc(Nc2nccc(-c3ccc(N4CCNCC4)nc3)n2)cc1. The minimum absolute atomic E-state index is 0.554. The smallest absolute Gasteiger partial charge is 0.227 e. The second-order valence-electron chi connectivity index (χ2n) is 7.26. The predicted molar refractivity (Wildman–Crippen MR) is 120 cm³/mol. The fourth-order valence-electron chi connectivity index (χ4n) is 3.30. The number of aromatic nitrogens is 3. The molecule has 0 radical (unpaired) electrons. The summed E-state index contributed by atoms with van der Waals surface area (Å²) in [6.07, 6.45) is 5.83. The maximum absolute atomic E-state index is 5.71. The lowest BCUT2D eigenvalue weighted by Gasteiger charge is -2.28. The zero-order valence-corrected chi connectivity index (χ0v) is 17.3. The minimum atomic E-state index is 0.554. The molecule has 0 aliphatic carbocycles. The quantitative estimate of drug-likeness (QED) is 0.552. The molecule has 1 fully saturated rings. The van der Waals surface area contributed by atoms with E-state index in [1.54, 1.807) is 6.20 Å². The molecule has 0 atom stereocenters. The van der Waals surface area contributed by atoms with Crippen molar-refractivity contribution in [1.29, 1.82) is 0 Å². The van der Waals surface area contributed by atoms with Crippen LogP contribution >= 0.6 is 0 Å². The summed E-state index contributed by atoms with van der Waals surface area (Å²) in [7, 11) is 0. The second kappa shape index (κ2) is 10.0. The molecule has 2 aromatic heterocycles. The van der Waals surface area contributed by atoms with E-state index in [1.807, 2.05) is 36.5 Å². The van der Waals surface area contributed by atoms with Crippen LogP contribution in [0.2, 0.25) is 0 Å². The van der Waals surface area contributed by atoms with E-state index in [-0.39, 0.29) is 0 Å². The number of nitrogens with zero attached hydrogens (tertiary/aromatic N) is 4. The van der Waals surface area contributed by atoms with E-state index < -0.39 is 0 Å². The Morgan fingerprint density at radius 2 is 1.87 bits per heavy atom. The van der Waals surface area contributed by atoms with Gasteiger partial charge in [-0.1, -0.05) is 13.3 Å². The molecular weight excluding hydrogens is 376 g/mol. The summed E-state index contributed by atoms with van der Waals surface area (Å²) in [5.74, 6) is 2.44. The Bertz CT molecular complexity index is 923. The Hall–Kier alpha value is -3.19. The highest BCUT2D eigenvalue weighted by molar-refractivity contribution is 5.62. The molecule has 1 aliphatic rings. The number of ether oxygens (including phenoxy) is 1. The van der Waals surface area contributed by atoms with Crippen molar-refractivity contribution in [3.8, 4) is 17.0 Å². The highest BCUT2D eigenvalue weighted by atomic mass is 16.5. The third-order valence-electron chi connectivity index (χ3n) is 5.02. The molecule has 156 valence electrons. The van der Waals surface area contributed by atoms with Gasteiger partial charge in [0.2, 0.25) is 5.95 Å². The second-order valence-corrected chi connectivity index (χ2v) is 7.26. The first-order valence-electron chi connectivity index (χ1n) is 10.6. The lowest BCUT2D eigenvalue weighted by atomic mass is 10.2. The molecule has 0 bridgehead atoms. The van der Waals surface area contributed by atoms with Crippen LogP contribution < -0.4 is 20.3 Å². The van der Waals surface area contributed by atoms with E-state index in [9.17, 15) is 0 Å². The van der Waals surface area contributed by atoms with Crippen molar-refractivity contribution in [3.63, 3.8) is 0 Å². The molecule has 1 saturated heterocycles. The van der Waals surface area contributed by atoms with Gasteiger partial charge >= 0.3 is 0 Å². The zero-order valence-electron chi connectivity index (χ0n) is 17.3. The third kappa shape index (κ3) is 5.24. The molecule has 4 rings (SSSR count). The van der Waals surface area contributed by atoms with Crippen LogP contribution in [0.15, 0.2) is 54.9 Å². The lowest BCUT2D eigenvalue weighted by molar-refractivity contribution is 0.309. The Morgan fingerprint density at radius 1 is 1.03 bits per heavy atom. The first-order valence-corrected chi connectivity index (χ1v) is 10.6. The van der Waals surface area contributed by atoms with Crippen molar-refractivity contribution < 1.29 is 4.74 Å². The van der Waals surface area contributed by atoms with Crippen LogP contribution in [0.1, 0.15) is 19.8 Å². The molecule has 0 saturated carbocycles. The van der Waals surface area contributed by atoms with Gasteiger partial charge in [0.05, 0.1) is 12.3 Å². The average Bonchev–Trinajstić information content (AvgIpc) is 2.81. The molecule has 0 unspecified atom stereocenters. The number of anilines is 3. The van der Waals surface area contributed by atoms with Crippen LogP contribution in [-0.4, -0.2) is 47.7 Å². The summed E-state index contributed by atoms with van der Waals surface area (Å²) in [6, 6.07) is 13.9. The summed E-state index contributed by atoms with van der Waals surface area (Å²) >= 11 is 0. The van der Waals surface area contributed by atoms with Crippen LogP contribution in [0.4, 0.5) is 17.5 Å². The van der Waals surface area contributed by atoms with E-state index in [4.69, 9.17) is 4.74 Å². The van der Waals surface area contributed by atoms with Crippen molar-refractivity contribution in [2.24, 2.45) is 0 Å². The van der Waals surface area contributed by atoms with Crippen LogP contribution in [-0.2, 0) is 0 Å². The molecule has 7 heteroatoms. The molecule has 1 aliphatic heterocycles. The number of pyridine rings is 1. The molecular formula is C23H28N6O. The number of piperazine rings is 1. The molecule has 0 amide bonds. The molecule has 7 nitrogen and oxygen atoms in total. The fourth-order valence-corrected chi connectivity index (χ4v) is 3.30. The molecule has 3 aromatic rings. The van der Waals surface area contributed by atoms with Crippen molar-refractivity contribution in [1.82, 2.24) is 20.3 Å². The summed E-state index contributed by atoms with van der Waals surface area (Å²) in [5, 5.41) is 6.62. The van der Waals surface area contributed by atoms with Crippen molar-refractivity contribution in [3.05, 3.63) is 54.9 Å². The Morgan fingerprint density at radius 3 is 2.60 bits per heavy atom. The first-order chi connectivity index (χ1) is 14.8.